The maximum absolute atomic E-state index is 2.39. The molecule has 0 saturated heterocycles. The van der Waals surface area contributed by atoms with Gasteiger partial charge in [-0.3, -0.25) is 4.90 Å². The van der Waals surface area contributed by atoms with Gasteiger partial charge in [0.1, 0.15) is 0 Å². The Morgan fingerprint density at radius 3 is 2.30 bits per heavy atom. The first kappa shape index (κ1) is 16.2. The summed E-state index contributed by atoms with van der Waals surface area (Å²) in [5.41, 5.74) is 4.42. The zero-order valence-electron chi connectivity index (χ0n) is 14.5. The van der Waals surface area contributed by atoms with Crippen LogP contribution < -0.4 is 0 Å². The van der Waals surface area contributed by atoms with E-state index in [4.69, 9.17) is 0 Å². The molecule has 3 aromatic rings. The van der Waals surface area contributed by atoms with Crippen molar-refractivity contribution in [2.75, 3.05) is 7.05 Å². The van der Waals surface area contributed by atoms with Gasteiger partial charge < -0.3 is 0 Å². The molecule has 3 rings (SSSR count). The summed E-state index contributed by atoms with van der Waals surface area (Å²) in [6.07, 6.45) is 0. The second-order valence-corrected chi connectivity index (χ2v) is 8.29. The zero-order chi connectivity index (χ0) is 16.4. The monoisotopic (exact) mass is 323 g/mol. The molecule has 2 heteroatoms. The van der Waals surface area contributed by atoms with E-state index in [2.05, 4.69) is 86.6 Å². The Bertz CT molecular complexity index is 777. The van der Waals surface area contributed by atoms with Crippen LogP contribution in [-0.4, -0.2) is 11.9 Å². The van der Waals surface area contributed by atoms with E-state index in [9.17, 15) is 0 Å². The van der Waals surface area contributed by atoms with Gasteiger partial charge in [-0.15, -0.1) is 11.3 Å². The van der Waals surface area contributed by atoms with E-state index in [1.807, 2.05) is 11.3 Å². The number of hydrogen-bond acceptors (Lipinski definition) is 2. The van der Waals surface area contributed by atoms with Crippen molar-refractivity contribution in [2.45, 2.75) is 39.3 Å². The van der Waals surface area contributed by atoms with Gasteiger partial charge in [0.25, 0.3) is 0 Å². The molecule has 0 spiro atoms. The first-order valence-electron chi connectivity index (χ1n) is 8.16. The van der Waals surface area contributed by atoms with Crippen LogP contribution in [0.25, 0.3) is 10.1 Å². The highest BCUT2D eigenvalue weighted by atomic mass is 32.1. The third-order valence-electron chi connectivity index (χ3n) is 4.27. The van der Waals surface area contributed by atoms with Crippen LogP contribution in [0.5, 0.6) is 0 Å². The molecule has 0 atom stereocenters. The predicted molar refractivity (Wildman–Crippen MR) is 102 cm³/mol. The van der Waals surface area contributed by atoms with Gasteiger partial charge in [0.2, 0.25) is 0 Å². The van der Waals surface area contributed by atoms with Crippen LogP contribution in [0.4, 0.5) is 0 Å². The molecule has 0 N–H and O–H groups in total. The number of fused-ring (bicyclic) bond motifs is 1. The second-order valence-electron chi connectivity index (χ2n) is 7.38. The molecule has 0 saturated carbocycles. The van der Waals surface area contributed by atoms with Gasteiger partial charge in [0.05, 0.1) is 0 Å². The second kappa shape index (κ2) is 6.46. The zero-order valence-corrected chi connectivity index (χ0v) is 15.3. The van der Waals surface area contributed by atoms with E-state index in [0.717, 1.165) is 13.1 Å². The molecule has 0 unspecified atom stereocenters. The Hall–Kier alpha value is -1.64. The molecule has 1 nitrogen and oxygen atoms in total. The van der Waals surface area contributed by atoms with Gasteiger partial charge in [-0.1, -0.05) is 63.2 Å². The van der Waals surface area contributed by atoms with Crippen LogP contribution in [0.3, 0.4) is 0 Å². The maximum atomic E-state index is 2.39. The average Bonchev–Trinajstić information content (AvgIpc) is 2.90. The lowest BCUT2D eigenvalue weighted by atomic mass is 9.87. The van der Waals surface area contributed by atoms with Gasteiger partial charge in [-0.25, -0.2) is 0 Å². The maximum Gasteiger partial charge on any atom is 0.0346 e. The number of hydrogen-bond donors (Lipinski definition) is 0. The van der Waals surface area contributed by atoms with Crippen LogP contribution in [-0.2, 0) is 18.5 Å². The van der Waals surface area contributed by atoms with Crippen LogP contribution in [0, 0.1) is 0 Å². The van der Waals surface area contributed by atoms with E-state index in [1.165, 1.54) is 26.8 Å². The fraction of sp³-hybridized carbons (Fsp3) is 0.333. The minimum atomic E-state index is 0.222. The van der Waals surface area contributed by atoms with Crippen molar-refractivity contribution in [1.29, 1.82) is 0 Å². The van der Waals surface area contributed by atoms with Crippen LogP contribution in [0.15, 0.2) is 53.9 Å². The molecule has 1 heterocycles. The Labute approximate surface area is 143 Å². The molecule has 120 valence electrons. The lowest BCUT2D eigenvalue weighted by Gasteiger charge is -2.20. The summed E-state index contributed by atoms with van der Waals surface area (Å²) in [5.74, 6) is 0. The standard InChI is InChI=1S/C21H25NS/c1-21(2,3)18-11-9-16(10-12-18)13-22(4)14-17-15-23-20-8-6-5-7-19(17)20/h5-12,15H,13-14H2,1-4H3. The van der Waals surface area contributed by atoms with Crippen molar-refractivity contribution < 1.29 is 0 Å². The van der Waals surface area contributed by atoms with Gasteiger partial charge in [0, 0.05) is 17.8 Å². The normalized spacial score (nSPS) is 12.2. The number of benzene rings is 2. The predicted octanol–water partition coefficient (Wildman–Crippen LogP) is 5.83. The third kappa shape index (κ3) is 3.82. The van der Waals surface area contributed by atoms with Crippen LogP contribution in [0.1, 0.15) is 37.5 Å². The Balaban J connectivity index is 1.68. The highest BCUT2D eigenvalue weighted by molar-refractivity contribution is 7.17. The molecular weight excluding hydrogens is 298 g/mol. The van der Waals surface area contributed by atoms with E-state index in [-0.39, 0.29) is 5.41 Å². The Morgan fingerprint density at radius 1 is 0.913 bits per heavy atom. The molecule has 1 aromatic heterocycles. The SMILES string of the molecule is CN(Cc1ccc(C(C)(C)C)cc1)Cc1csc2ccccc12. The molecular formula is C21H25NS. The largest absolute Gasteiger partial charge is 0.298 e. The number of nitrogens with zero attached hydrogens (tertiary/aromatic N) is 1. The van der Waals surface area contributed by atoms with Crippen LogP contribution >= 0.6 is 11.3 Å². The van der Waals surface area contributed by atoms with E-state index >= 15 is 0 Å². The number of rotatable bonds is 4. The first-order chi connectivity index (χ1) is 10.9. The number of thiophene rings is 1. The Kier molecular flexibility index (Phi) is 4.56. The summed E-state index contributed by atoms with van der Waals surface area (Å²) in [6.45, 7) is 8.75. The molecule has 23 heavy (non-hydrogen) atoms. The first-order valence-corrected chi connectivity index (χ1v) is 9.04. The van der Waals surface area contributed by atoms with Crippen molar-refractivity contribution in [1.82, 2.24) is 4.90 Å². The van der Waals surface area contributed by atoms with Crippen molar-refractivity contribution >= 4 is 21.4 Å². The smallest absolute Gasteiger partial charge is 0.0346 e. The van der Waals surface area contributed by atoms with Crippen molar-refractivity contribution in [3.8, 4) is 0 Å². The Morgan fingerprint density at radius 2 is 1.61 bits per heavy atom. The minimum Gasteiger partial charge on any atom is -0.298 e. The lowest BCUT2D eigenvalue weighted by molar-refractivity contribution is 0.320. The molecule has 0 radical (unpaired) electrons. The molecule has 0 fully saturated rings. The molecule has 2 aromatic carbocycles. The molecule has 0 amide bonds. The fourth-order valence-electron chi connectivity index (χ4n) is 2.92. The van der Waals surface area contributed by atoms with Gasteiger partial charge >= 0.3 is 0 Å². The van der Waals surface area contributed by atoms with E-state index < -0.39 is 0 Å². The van der Waals surface area contributed by atoms with Gasteiger partial charge in [-0.05, 0) is 46.0 Å². The molecule has 0 bridgehead atoms. The fourth-order valence-corrected chi connectivity index (χ4v) is 3.88. The quantitative estimate of drug-likeness (QED) is 0.584. The lowest BCUT2D eigenvalue weighted by Crippen LogP contribution is -2.17. The molecule has 0 aliphatic carbocycles. The highest BCUT2D eigenvalue weighted by Gasteiger charge is 2.13. The molecule has 0 aliphatic heterocycles. The summed E-state index contributed by atoms with van der Waals surface area (Å²) in [6, 6.07) is 17.7. The summed E-state index contributed by atoms with van der Waals surface area (Å²) >= 11 is 1.84. The summed E-state index contributed by atoms with van der Waals surface area (Å²) in [7, 11) is 2.20. The molecule has 0 aliphatic rings. The van der Waals surface area contributed by atoms with Gasteiger partial charge in [-0.2, -0.15) is 0 Å². The average molecular weight is 324 g/mol. The summed E-state index contributed by atoms with van der Waals surface area (Å²) in [4.78, 5) is 2.39. The van der Waals surface area contributed by atoms with Crippen molar-refractivity contribution in [3.05, 3.63) is 70.6 Å². The van der Waals surface area contributed by atoms with E-state index in [0.29, 0.717) is 0 Å². The summed E-state index contributed by atoms with van der Waals surface area (Å²) in [5, 5.41) is 3.69. The van der Waals surface area contributed by atoms with Crippen molar-refractivity contribution in [2.24, 2.45) is 0 Å². The summed E-state index contributed by atoms with van der Waals surface area (Å²) < 4.78 is 1.38. The van der Waals surface area contributed by atoms with Gasteiger partial charge in [0.15, 0.2) is 0 Å². The highest BCUT2D eigenvalue weighted by Crippen LogP contribution is 2.27. The van der Waals surface area contributed by atoms with Crippen LogP contribution in [0.2, 0.25) is 0 Å². The topological polar surface area (TPSA) is 3.24 Å². The van der Waals surface area contributed by atoms with E-state index in [1.54, 1.807) is 0 Å². The van der Waals surface area contributed by atoms with Crippen molar-refractivity contribution in [3.63, 3.8) is 0 Å². The minimum absolute atomic E-state index is 0.222. The third-order valence-corrected chi connectivity index (χ3v) is 5.29.